The van der Waals surface area contributed by atoms with E-state index in [0.717, 1.165) is 61.1 Å². The van der Waals surface area contributed by atoms with Gasteiger partial charge in [-0.05, 0) is 77.8 Å². The second-order valence-corrected chi connectivity index (χ2v) is 11.8. The van der Waals surface area contributed by atoms with Crippen molar-refractivity contribution in [3.05, 3.63) is 95.1 Å². The molecule has 1 unspecified atom stereocenters. The number of hydrogen-bond acceptors (Lipinski definition) is 3. The maximum Gasteiger partial charge on any atom is 0.307 e. The average Bonchev–Trinajstić information content (AvgIpc) is 3.22. The molecule has 0 radical (unpaired) electrons. The first kappa shape index (κ1) is 29.3. The molecule has 1 heterocycles. The number of aliphatic imine (C=N–C) groups is 1. The molecule has 1 N–H and O–H groups in total. The third-order valence-corrected chi connectivity index (χ3v) is 7.68. The third kappa shape index (κ3) is 7.68. The fraction of sp³-hybridized carbons (Fsp3) is 0.400. The van der Waals surface area contributed by atoms with Crippen molar-refractivity contribution in [1.29, 1.82) is 0 Å². The van der Waals surface area contributed by atoms with Crippen molar-refractivity contribution in [2.75, 3.05) is 6.54 Å². The Kier molecular flexibility index (Phi) is 9.57. The maximum atomic E-state index is 13.0. The minimum Gasteiger partial charge on any atom is -0.481 e. The number of hydrogen-bond donors (Lipinski definition) is 1. The number of aryl methyl sites for hydroxylation is 2. The zero-order valence-electron chi connectivity index (χ0n) is 24.3. The van der Waals surface area contributed by atoms with Gasteiger partial charge in [0.05, 0.1) is 6.42 Å². The number of carboxylic acids is 1. The van der Waals surface area contributed by atoms with Crippen molar-refractivity contribution in [3.63, 3.8) is 0 Å². The van der Waals surface area contributed by atoms with E-state index < -0.39 is 5.97 Å². The summed E-state index contributed by atoms with van der Waals surface area (Å²) in [4.78, 5) is 30.7. The van der Waals surface area contributed by atoms with Crippen LogP contribution in [0.1, 0.15) is 75.6 Å². The molecule has 0 fully saturated rings. The minimum absolute atomic E-state index is 0.0355. The highest BCUT2D eigenvalue weighted by Crippen LogP contribution is 2.25. The Morgan fingerprint density at radius 2 is 1.52 bits per heavy atom. The smallest absolute Gasteiger partial charge is 0.307 e. The Morgan fingerprint density at radius 3 is 2.17 bits per heavy atom. The average molecular weight is 539 g/mol. The minimum atomic E-state index is -0.821. The summed E-state index contributed by atoms with van der Waals surface area (Å²) in [5.41, 5.74) is 7.05. The first-order valence-corrected chi connectivity index (χ1v) is 14.5. The SMILES string of the molecule is CCN1C(=O)C(CCCc2ccc(C(C)(C)C)cc2)N=C1CCCc1cccc(-c2ccc(CC(=O)O)cc2)c1. The number of amides is 1. The summed E-state index contributed by atoms with van der Waals surface area (Å²) < 4.78 is 0. The van der Waals surface area contributed by atoms with Crippen LogP contribution in [0.4, 0.5) is 0 Å². The van der Waals surface area contributed by atoms with Crippen LogP contribution in [0.2, 0.25) is 0 Å². The maximum absolute atomic E-state index is 13.0. The molecule has 1 atom stereocenters. The number of rotatable bonds is 12. The number of nitrogens with zero attached hydrogens (tertiary/aromatic N) is 2. The van der Waals surface area contributed by atoms with Crippen LogP contribution in [0, 0.1) is 0 Å². The topological polar surface area (TPSA) is 70.0 Å². The highest BCUT2D eigenvalue weighted by molar-refractivity contribution is 6.05. The monoisotopic (exact) mass is 538 g/mol. The number of benzene rings is 3. The van der Waals surface area contributed by atoms with E-state index in [-0.39, 0.29) is 23.8 Å². The molecule has 210 valence electrons. The number of aliphatic carboxylic acids is 1. The van der Waals surface area contributed by atoms with Gasteiger partial charge in [-0.1, -0.05) is 93.6 Å². The summed E-state index contributed by atoms with van der Waals surface area (Å²) in [6, 6.07) is 24.8. The Labute approximate surface area is 239 Å². The van der Waals surface area contributed by atoms with Gasteiger partial charge in [-0.25, -0.2) is 0 Å². The van der Waals surface area contributed by atoms with E-state index >= 15 is 0 Å². The van der Waals surface area contributed by atoms with Gasteiger partial charge in [0.15, 0.2) is 0 Å². The predicted octanol–water partition coefficient (Wildman–Crippen LogP) is 7.25. The third-order valence-electron chi connectivity index (χ3n) is 7.68. The molecule has 0 spiro atoms. The van der Waals surface area contributed by atoms with Crippen molar-refractivity contribution in [3.8, 4) is 11.1 Å². The second-order valence-electron chi connectivity index (χ2n) is 11.8. The zero-order valence-corrected chi connectivity index (χ0v) is 24.3. The highest BCUT2D eigenvalue weighted by atomic mass is 16.4. The summed E-state index contributed by atoms with van der Waals surface area (Å²) in [7, 11) is 0. The lowest BCUT2D eigenvalue weighted by atomic mass is 9.86. The van der Waals surface area contributed by atoms with Crippen molar-refractivity contribution in [2.24, 2.45) is 4.99 Å². The van der Waals surface area contributed by atoms with E-state index in [9.17, 15) is 9.59 Å². The van der Waals surface area contributed by atoms with Gasteiger partial charge in [-0.3, -0.25) is 19.5 Å². The fourth-order valence-electron chi connectivity index (χ4n) is 5.36. The van der Waals surface area contributed by atoms with E-state index in [4.69, 9.17) is 10.1 Å². The molecular weight excluding hydrogens is 496 g/mol. The van der Waals surface area contributed by atoms with Crippen LogP contribution in [0.5, 0.6) is 0 Å². The first-order valence-electron chi connectivity index (χ1n) is 14.5. The molecule has 40 heavy (non-hydrogen) atoms. The normalized spacial score (nSPS) is 15.4. The molecule has 0 saturated heterocycles. The van der Waals surface area contributed by atoms with E-state index in [1.54, 1.807) is 0 Å². The molecular formula is C35H42N2O3. The number of likely N-dealkylation sites (N-methyl/N-ethyl adjacent to an activating group) is 1. The van der Waals surface area contributed by atoms with Gasteiger partial charge in [0.25, 0.3) is 5.91 Å². The lowest BCUT2D eigenvalue weighted by Crippen LogP contribution is -2.35. The van der Waals surface area contributed by atoms with Crippen LogP contribution in [0.15, 0.2) is 77.8 Å². The predicted molar refractivity (Wildman–Crippen MR) is 163 cm³/mol. The summed E-state index contributed by atoms with van der Waals surface area (Å²) in [5, 5.41) is 8.99. The fourth-order valence-corrected chi connectivity index (χ4v) is 5.36. The van der Waals surface area contributed by atoms with Crippen molar-refractivity contribution < 1.29 is 14.7 Å². The lowest BCUT2D eigenvalue weighted by Gasteiger charge is -2.19. The molecule has 0 bridgehead atoms. The van der Waals surface area contributed by atoms with Crippen LogP contribution >= 0.6 is 0 Å². The summed E-state index contributed by atoms with van der Waals surface area (Å²) in [5.74, 6) is 0.254. The van der Waals surface area contributed by atoms with Gasteiger partial charge in [-0.2, -0.15) is 0 Å². The standard InChI is InChI=1S/C35H42N2O3/c1-5-37-32(36-31(34(37)40)13-7-9-25-17-21-30(22-18-25)35(2,3)4)14-8-11-26-10-6-12-29(23-26)28-19-15-27(16-20-28)24-33(38)39/h6,10,12,15-23,31H,5,7-9,11,13-14,24H2,1-4H3,(H,38,39). The largest absolute Gasteiger partial charge is 0.481 e. The van der Waals surface area contributed by atoms with E-state index in [0.29, 0.717) is 6.54 Å². The second kappa shape index (κ2) is 13.1. The van der Waals surface area contributed by atoms with E-state index in [1.807, 2.05) is 36.1 Å². The van der Waals surface area contributed by atoms with Gasteiger partial charge in [0.1, 0.15) is 11.9 Å². The molecule has 0 aliphatic carbocycles. The summed E-state index contributed by atoms with van der Waals surface area (Å²) >= 11 is 0. The molecule has 3 aromatic rings. The molecule has 1 aliphatic heterocycles. The summed E-state index contributed by atoms with van der Waals surface area (Å²) in [6.45, 7) is 9.37. The Balaban J connectivity index is 1.30. The highest BCUT2D eigenvalue weighted by Gasteiger charge is 2.32. The lowest BCUT2D eigenvalue weighted by molar-refractivity contribution is -0.136. The first-order chi connectivity index (χ1) is 19.1. The Morgan fingerprint density at radius 1 is 0.850 bits per heavy atom. The molecule has 0 saturated carbocycles. The molecule has 5 heteroatoms. The van der Waals surface area contributed by atoms with Crippen molar-refractivity contribution in [2.45, 2.75) is 84.1 Å². The van der Waals surface area contributed by atoms with Gasteiger partial charge in [0, 0.05) is 13.0 Å². The number of amidine groups is 1. The molecule has 3 aromatic carbocycles. The zero-order chi connectivity index (χ0) is 28.7. The van der Waals surface area contributed by atoms with Gasteiger partial charge >= 0.3 is 5.97 Å². The van der Waals surface area contributed by atoms with Crippen molar-refractivity contribution >= 4 is 17.7 Å². The Bertz CT molecular complexity index is 1330. The van der Waals surface area contributed by atoms with Crippen LogP contribution in [0.25, 0.3) is 11.1 Å². The summed E-state index contributed by atoms with van der Waals surface area (Å²) in [6.07, 6.45) is 5.36. The van der Waals surface area contributed by atoms with Crippen molar-refractivity contribution in [1.82, 2.24) is 4.90 Å². The number of carboxylic acid groups (broad SMARTS) is 1. The van der Waals surface area contributed by atoms with Crippen LogP contribution < -0.4 is 0 Å². The van der Waals surface area contributed by atoms with E-state index in [1.165, 1.54) is 16.7 Å². The van der Waals surface area contributed by atoms with Gasteiger partial charge < -0.3 is 5.11 Å². The van der Waals surface area contributed by atoms with Gasteiger partial charge in [-0.15, -0.1) is 0 Å². The van der Waals surface area contributed by atoms with E-state index in [2.05, 4.69) is 69.3 Å². The molecule has 1 amide bonds. The molecule has 1 aliphatic rings. The number of carbonyl (C=O) groups is 2. The van der Waals surface area contributed by atoms with Crippen LogP contribution in [-0.2, 0) is 34.3 Å². The molecule has 0 aromatic heterocycles. The molecule has 4 rings (SSSR count). The Hall–Kier alpha value is -3.73. The molecule has 5 nitrogen and oxygen atoms in total. The quantitative estimate of drug-likeness (QED) is 0.264. The van der Waals surface area contributed by atoms with Gasteiger partial charge in [0.2, 0.25) is 0 Å². The number of carbonyl (C=O) groups excluding carboxylic acids is 1. The van der Waals surface area contributed by atoms with Crippen LogP contribution in [-0.4, -0.2) is 40.3 Å². The van der Waals surface area contributed by atoms with Crippen LogP contribution in [0.3, 0.4) is 0 Å².